The Morgan fingerprint density at radius 1 is 1.00 bits per heavy atom. The first-order valence-electron chi connectivity index (χ1n) is 4.84. The predicted molar refractivity (Wildman–Crippen MR) is 49.6 cm³/mol. The van der Waals surface area contributed by atoms with E-state index in [1.165, 1.54) is 0 Å². The molecule has 1 atom stereocenters. The lowest BCUT2D eigenvalue weighted by atomic mass is 9.74. The van der Waals surface area contributed by atoms with Crippen LogP contribution >= 0.6 is 0 Å². The lowest BCUT2D eigenvalue weighted by Gasteiger charge is -2.35. The zero-order chi connectivity index (χ0) is 8.91. The van der Waals surface area contributed by atoms with Crippen molar-refractivity contribution in [2.24, 2.45) is 5.41 Å². The smallest absolute Gasteiger partial charge is 0.0593 e. The van der Waals surface area contributed by atoms with E-state index in [1.54, 1.807) is 0 Å². The van der Waals surface area contributed by atoms with Gasteiger partial charge in [0.05, 0.1) is 6.10 Å². The Balaban J connectivity index is 4.26. The summed E-state index contributed by atoms with van der Waals surface area (Å²) in [6, 6.07) is 0. The Morgan fingerprint density at radius 3 is 1.45 bits per heavy atom. The van der Waals surface area contributed by atoms with Crippen molar-refractivity contribution in [3.05, 3.63) is 0 Å². The summed E-state index contributed by atoms with van der Waals surface area (Å²) in [5.74, 6) is 0. The van der Waals surface area contributed by atoms with Gasteiger partial charge in [-0.05, 0) is 31.1 Å². The molecule has 1 nitrogen and oxygen atoms in total. The minimum absolute atomic E-state index is 0.109. The van der Waals surface area contributed by atoms with Gasteiger partial charge in [-0.15, -0.1) is 0 Å². The molecule has 68 valence electrons. The molecule has 0 fully saturated rings. The molecule has 0 heterocycles. The summed E-state index contributed by atoms with van der Waals surface area (Å²) >= 11 is 0. The molecule has 0 rings (SSSR count). The quantitative estimate of drug-likeness (QED) is 0.652. The van der Waals surface area contributed by atoms with Crippen LogP contribution in [-0.2, 0) is 0 Å². The molecule has 0 aromatic heterocycles. The van der Waals surface area contributed by atoms with E-state index in [0.717, 1.165) is 25.7 Å². The van der Waals surface area contributed by atoms with E-state index >= 15 is 0 Å². The highest BCUT2D eigenvalue weighted by molar-refractivity contribution is 4.81. The third kappa shape index (κ3) is 2.19. The van der Waals surface area contributed by atoms with Crippen molar-refractivity contribution in [3.63, 3.8) is 0 Å². The van der Waals surface area contributed by atoms with Crippen molar-refractivity contribution in [1.29, 1.82) is 0 Å². The number of hydrogen-bond acceptors (Lipinski definition) is 1. The highest BCUT2D eigenvalue weighted by Crippen LogP contribution is 2.35. The third-order valence-electron chi connectivity index (χ3n) is 3.21. The van der Waals surface area contributed by atoms with Crippen LogP contribution in [0.1, 0.15) is 53.4 Å². The zero-order valence-corrected chi connectivity index (χ0v) is 8.35. The third-order valence-corrected chi connectivity index (χ3v) is 3.21. The summed E-state index contributed by atoms with van der Waals surface area (Å²) in [6.45, 7) is 8.57. The average Bonchev–Trinajstić information content (AvgIpc) is 2.08. The maximum Gasteiger partial charge on any atom is 0.0593 e. The topological polar surface area (TPSA) is 20.2 Å². The van der Waals surface area contributed by atoms with Gasteiger partial charge in [0, 0.05) is 0 Å². The van der Waals surface area contributed by atoms with Crippen LogP contribution in [0.25, 0.3) is 0 Å². The second-order valence-corrected chi connectivity index (χ2v) is 3.35. The van der Waals surface area contributed by atoms with Crippen molar-refractivity contribution in [1.82, 2.24) is 0 Å². The molecule has 0 aromatic carbocycles. The first kappa shape index (κ1) is 11.0. The van der Waals surface area contributed by atoms with Gasteiger partial charge in [0.2, 0.25) is 0 Å². The number of rotatable bonds is 5. The van der Waals surface area contributed by atoms with Gasteiger partial charge >= 0.3 is 0 Å². The fourth-order valence-electron chi connectivity index (χ4n) is 1.89. The van der Waals surface area contributed by atoms with E-state index in [1.807, 2.05) is 0 Å². The highest BCUT2D eigenvalue weighted by Gasteiger charge is 2.30. The molecule has 0 spiro atoms. The Morgan fingerprint density at radius 2 is 1.36 bits per heavy atom. The van der Waals surface area contributed by atoms with Crippen LogP contribution in [0.5, 0.6) is 0 Å². The van der Waals surface area contributed by atoms with E-state index in [-0.39, 0.29) is 11.5 Å². The van der Waals surface area contributed by atoms with E-state index in [0.29, 0.717) is 0 Å². The van der Waals surface area contributed by atoms with Crippen LogP contribution in [0.4, 0.5) is 0 Å². The van der Waals surface area contributed by atoms with Gasteiger partial charge in [-0.1, -0.05) is 27.7 Å². The monoisotopic (exact) mass is 158 g/mol. The first-order valence-corrected chi connectivity index (χ1v) is 4.84. The summed E-state index contributed by atoms with van der Waals surface area (Å²) in [5.41, 5.74) is 0.189. The van der Waals surface area contributed by atoms with Crippen molar-refractivity contribution in [2.75, 3.05) is 0 Å². The molecule has 1 heteroatoms. The van der Waals surface area contributed by atoms with Crippen molar-refractivity contribution < 1.29 is 5.11 Å². The lowest BCUT2D eigenvalue weighted by Crippen LogP contribution is -2.32. The Labute approximate surface area is 70.8 Å². The first-order chi connectivity index (χ1) is 5.16. The Kier molecular flexibility index (Phi) is 4.74. The molecule has 0 aliphatic carbocycles. The second-order valence-electron chi connectivity index (χ2n) is 3.35. The molecule has 0 saturated heterocycles. The van der Waals surface area contributed by atoms with E-state index in [4.69, 9.17) is 0 Å². The predicted octanol–water partition coefficient (Wildman–Crippen LogP) is 2.97. The SMILES string of the molecule is CCC(O)C(CC)(CC)CC. The van der Waals surface area contributed by atoms with E-state index in [9.17, 15) is 5.11 Å². The summed E-state index contributed by atoms with van der Waals surface area (Å²) in [5, 5.41) is 9.77. The van der Waals surface area contributed by atoms with Crippen molar-refractivity contribution in [2.45, 2.75) is 59.5 Å². The largest absolute Gasteiger partial charge is 0.393 e. The van der Waals surface area contributed by atoms with Crippen molar-refractivity contribution >= 4 is 0 Å². The molecule has 0 aromatic rings. The van der Waals surface area contributed by atoms with Gasteiger partial charge in [-0.2, -0.15) is 0 Å². The molecule has 0 saturated carbocycles. The molecular weight excluding hydrogens is 136 g/mol. The molecule has 0 amide bonds. The van der Waals surface area contributed by atoms with Gasteiger partial charge in [-0.25, -0.2) is 0 Å². The van der Waals surface area contributed by atoms with E-state index < -0.39 is 0 Å². The van der Waals surface area contributed by atoms with Crippen LogP contribution < -0.4 is 0 Å². The molecule has 1 N–H and O–H groups in total. The van der Waals surface area contributed by atoms with Gasteiger partial charge in [0.15, 0.2) is 0 Å². The fourth-order valence-corrected chi connectivity index (χ4v) is 1.89. The average molecular weight is 158 g/mol. The summed E-state index contributed by atoms with van der Waals surface area (Å²) in [6.07, 6.45) is 4.05. The minimum Gasteiger partial charge on any atom is -0.393 e. The minimum atomic E-state index is -0.109. The van der Waals surface area contributed by atoms with Gasteiger partial charge in [0.25, 0.3) is 0 Å². The summed E-state index contributed by atoms with van der Waals surface area (Å²) < 4.78 is 0. The van der Waals surface area contributed by atoms with Gasteiger partial charge in [0.1, 0.15) is 0 Å². The molecule has 0 radical (unpaired) electrons. The zero-order valence-electron chi connectivity index (χ0n) is 8.35. The molecule has 11 heavy (non-hydrogen) atoms. The summed E-state index contributed by atoms with van der Waals surface area (Å²) in [4.78, 5) is 0. The fraction of sp³-hybridized carbons (Fsp3) is 1.00. The van der Waals surface area contributed by atoms with E-state index in [2.05, 4.69) is 27.7 Å². The molecule has 0 bridgehead atoms. The standard InChI is InChI=1S/C10H22O/c1-5-9(11)10(6-2,7-3)8-4/h9,11H,5-8H2,1-4H3. The van der Waals surface area contributed by atoms with Gasteiger partial charge < -0.3 is 5.11 Å². The molecular formula is C10H22O. The van der Waals surface area contributed by atoms with Crippen LogP contribution in [0, 0.1) is 5.41 Å². The summed E-state index contributed by atoms with van der Waals surface area (Å²) in [7, 11) is 0. The number of aliphatic hydroxyl groups is 1. The molecule has 1 unspecified atom stereocenters. The number of aliphatic hydroxyl groups excluding tert-OH is 1. The van der Waals surface area contributed by atoms with Crippen LogP contribution in [0.3, 0.4) is 0 Å². The maximum atomic E-state index is 9.77. The Hall–Kier alpha value is -0.0400. The normalized spacial score (nSPS) is 15.0. The number of hydrogen-bond donors (Lipinski definition) is 1. The Bertz CT molecular complexity index is 86.8. The lowest BCUT2D eigenvalue weighted by molar-refractivity contribution is 0.0117. The van der Waals surface area contributed by atoms with Crippen LogP contribution in [-0.4, -0.2) is 11.2 Å². The molecule has 0 aliphatic rings. The maximum absolute atomic E-state index is 9.77. The highest BCUT2D eigenvalue weighted by atomic mass is 16.3. The second kappa shape index (κ2) is 4.76. The van der Waals surface area contributed by atoms with Crippen molar-refractivity contribution in [3.8, 4) is 0 Å². The van der Waals surface area contributed by atoms with Crippen LogP contribution in [0.15, 0.2) is 0 Å². The van der Waals surface area contributed by atoms with Crippen LogP contribution in [0.2, 0.25) is 0 Å². The molecule has 0 aliphatic heterocycles. The van der Waals surface area contributed by atoms with Gasteiger partial charge in [-0.3, -0.25) is 0 Å².